The van der Waals surface area contributed by atoms with Crippen LogP contribution in [0.3, 0.4) is 0 Å². The Bertz CT molecular complexity index is 590. The summed E-state index contributed by atoms with van der Waals surface area (Å²) in [6.07, 6.45) is -1.85. The number of carboxylic acid groups (broad SMARTS) is 1. The minimum absolute atomic E-state index is 0.0252. The van der Waals surface area contributed by atoms with Gasteiger partial charge in [-0.3, -0.25) is 9.69 Å². The van der Waals surface area contributed by atoms with Crippen LogP contribution in [0.5, 0.6) is 5.75 Å². The number of nitrogens with zero attached hydrogens (tertiary/aromatic N) is 1. The molecule has 3 unspecified atom stereocenters. The maximum absolute atomic E-state index is 12.2. The Morgan fingerprint density at radius 1 is 1.35 bits per heavy atom. The lowest BCUT2D eigenvalue weighted by Gasteiger charge is -2.23. The van der Waals surface area contributed by atoms with Crippen molar-refractivity contribution in [3.63, 3.8) is 0 Å². The molecule has 0 amide bonds. The van der Waals surface area contributed by atoms with Gasteiger partial charge in [0.1, 0.15) is 5.75 Å². The predicted molar refractivity (Wildman–Crippen MR) is 76.1 cm³/mol. The van der Waals surface area contributed by atoms with E-state index in [1.807, 2.05) is 6.07 Å². The van der Waals surface area contributed by atoms with Crippen molar-refractivity contribution in [3.05, 3.63) is 29.8 Å². The topological polar surface area (TPSA) is 49.8 Å². The molecule has 2 fully saturated rings. The van der Waals surface area contributed by atoms with E-state index in [9.17, 15) is 23.1 Å². The first-order valence-electron chi connectivity index (χ1n) is 7.60. The zero-order valence-electron chi connectivity index (χ0n) is 12.4. The van der Waals surface area contributed by atoms with E-state index < -0.39 is 18.8 Å². The summed E-state index contributed by atoms with van der Waals surface area (Å²) in [5.74, 6) is -0.913. The van der Waals surface area contributed by atoms with Crippen LogP contribution in [-0.2, 0) is 11.3 Å². The molecule has 7 heteroatoms. The first kappa shape index (κ1) is 16.1. The van der Waals surface area contributed by atoms with Crippen molar-refractivity contribution in [3.8, 4) is 5.75 Å². The Hall–Kier alpha value is -1.76. The fourth-order valence-electron chi connectivity index (χ4n) is 3.72. The van der Waals surface area contributed by atoms with Crippen molar-refractivity contribution >= 4 is 5.97 Å². The molecule has 4 nitrogen and oxygen atoms in total. The Morgan fingerprint density at radius 2 is 2.13 bits per heavy atom. The summed E-state index contributed by atoms with van der Waals surface area (Å²) in [4.78, 5) is 13.4. The number of fused-ring (bicyclic) bond motifs is 2. The number of alkyl halides is 3. The normalized spacial score (nSPS) is 27.3. The molecule has 2 bridgehead atoms. The highest BCUT2D eigenvalue weighted by atomic mass is 19.4. The van der Waals surface area contributed by atoms with Crippen LogP contribution in [0, 0.1) is 5.92 Å². The molecule has 2 heterocycles. The molecule has 0 aromatic heterocycles. The monoisotopic (exact) mass is 329 g/mol. The highest BCUT2D eigenvalue weighted by Gasteiger charge is 2.48. The summed E-state index contributed by atoms with van der Waals surface area (Å²) in [5.41, 5.74) is 0.840. The molecule has 2 saturated heterocycles. The van der Waals surface area contributed by atoms with Crippen LogP contribution in [0.25, 0.3) is 0 Å². The average Bonchev–Trinajstić information content (AvgIpc) is 3.02. The molecule has 3 atom stereocenters. The Morgan fingerprint density at radius 3 is 2.78 bits per heavy atom. The fraction of sp³-hybridized carbons (Fsp3) is 0.562. The number of ether oxygens (including phenoxy) is 1. The van der Waals surface area contributed by atoms with Gasteiger partial charge < -0.3 is 9.84 Å². The van der Waals surface area contributed by atoms with Gasteiger partial charge in [0.2, 0.25) is 0 Å². The molecule has 0 aliphatic carbocycles. The lowest BCUT2D eigenvalue weighted by molar-refractivity contribution is -0.153. The lowest BCUT2D eigenvalue weighted by atomic mass is 9.89. The second kappa shape index (κ2) is 6.03. The van der Waals surface area contributed by atoms with E-state index in [0.717, 1.165) is 18.4 Å². The maximum Gasteiger partial charge on any atom is 0.422 e. The van der Waals surface area contributed by atoms with Gasteiger partial charge in [-0.25, -0.2) is 0 Å². The second-order valence-corrected chi connectivity index (χ2v) is 6.20. The van der Waals surface area contributed by atoms with Crippen molar-refractivity contribution in [2.45, 2.75) is 44.1 Å². The summed E-state index contributed by atoms with van der Waals surface area (Å²) in [7, 11) is 0. The molecule has 2 aliphatic rings. The molecule has 3 rings (SSSR count). The zero-order valence-corrected chi connectivity index (χ0v) is 12.4. The van der Waals surface area contributed by atoms with E-state index in [1.54, 1.807) is 12.1 Å². The number of hydrogen-bond donors (Lipinski definition) is 1. The number of benzene rings is 1. The van der Waals surface area contributed by atoms with Gasteiger partial charge in [0, 0.05) is 18.6 Å². The fourth-order valence-corrected chi connectivity index (χ4v) is 3.72. The Labute approximate surface area is 131 Å². The van der Waals surface area contributed by atoms with Crippen molar-refractivity contribution in [1.82, 2.24) is 4.90 Å². The van der Waals surface area contributed by atoms with Gasteiger partial charge in [-0.05, 0) is 37.0 Å². The third-order valence-electron chi connectivity index (χ3n) is 4.66. The summed E-state index contributed by atoms with van der Waals surface area (Å²) in [5, 5.41) is 9.26. The van der Waals surface area contributed by atoms with Gasteiger partial charge in [0.25, 0.3) is 0 Å². The number of carboxylic acids is 1. The van der Waals surface area contributed by atoms with Gasteiger partial charge in [-0.1, -0.05) is 12.1 Å². The standard InChI is InChI=1S/C16H18F3NO3/c17-16(18,19)9-23-12-3-1-2-10(6-12)8-20-11-4-5-14(20)13(7-11)15(21)22/h1-3,6,11,13-14H,4-5,7-9H2,(H,21,22). The van der Waals surface area contributed by atoms with Crippen LogP contribution in [0.4, 0.5) is 13.2 Å². The Balaban J connectivity index is 1.66. The van der Waals surface area contributed by atoms with Crippen molar-refractivity contribution in [1.29, 1.82) is 0 Å². The van der Waals surface area contributed by atoms with E-state index >= 15 is 0 Å². The van der Waals surface area contributed by atoms with E-state index in [-0.39, 0.29) is 23.8 Å². The van der Waals surface area contributed by atoms with Gasteiger partial charge in [-0.15, -0.1) is 0 Å². The number of aliphatic carboxylic acids is 1. The summed E-state index contributed by atoms with van der Waals surface area (Å²) >= 11 is 0. The quantitative estimate of drug-likeness (QED) is 0.902. The van der Waals surface area contributed by atoms with Gasteiger partial charge in [0.05, 0.1) is 5.92 Å². The second-order valence-electron chi connectivity index (χ2n) is 6.20. The van der Waals surface area contributed by atoms with Crippen LogP contribution < -0.4 is 4.74 Å². The van der Waals surface area contributed by atoms with Crippen LogP contribution >= 0.6 is 0 Å². The van der Waals surface area contributed by atoms with Crippen molar-refractivity contribution in [2.75, 3.05) is 6.61 Å². The molecule has 1 aromatic carbocycles. The minimum atomic E-state index is -4.36. The highest BCUT2D eigenvalue weighted by Crippen LogP contribution is 2.42. The average molecular weight is 329 g/mol. The molecular weight excluding hydrogens is 311 g/mol. The van der Waals surface area contributed by atoms with Crippen LogP contribution in [0.2, 0.25) is 0 Å². The van der Waals surface area contributed by atoms with Crippen molar-refractivity contribution < 1.29 is 27.8 Å². The Kier molecular flexibility index (Phi) is 4.23. The van der Waals surface area contributed by atoms with E-state index in [4.69, 9.17) is 4.74 Å². The molecule has 0 radical (unpaired) electrons. The van der Waals surface area contributed by atoms with Crippen molar-refractivity contribution in [2.24, 2.45) is 5.92 Å². The third-order valence-corrected chi connectivity index (χ3v) is 4.66. The molecule has 1 N–H and O–H groups in total. The third kappa shape index (κ3) is 3.60. The number of carbonyl (C=O) groups is 1. The van der Waals surface area contributed by atoms with E-state index in [0.29, 0.717) is 13.0 Å². The SMILES string of the molecule is O=C(O)C1CC2CCC1N2Cc1cccc(OCC(F)(F)F)c1. The van der Waals surface area contributed by atoms with Gasteiger partial charge >= 0.3 is 12.1 Å². The van der Waals surface area contributed by atoms with Gasteiger partial charge in [0.15, 0.2) is 6.61 Å². The predicted octanol–water partition coefficient (Wildman–Crippen LogP) is 3.07. The minimum Gasteiger partial charge on any atom is -0.484 e. The molecule has 0 saturated carbocycles. The lowest BCUT2D eigenvalue weighted by Crippen LogP contribution is -2.32. The molecular formula is C16H18F3NO3. The van der Waals surface area contributed by atoms with Crippen LogP contribution in [0.15, 0.2) is 24.3 Å². The van der Waals surface area contributed by atoms with E-state index in [1.165, 1.54) is 6.07 Å². The zero-order chi connectivity index (χ0) is 16.6. The molecule has 0 spiro atoms. The van der Waals surface area contributed by atoms with Crippen LogP contribution in [0.1, 0.15) is 24.8 Å². The summed E-state index contributed by atoms with van der Waals surface area (Å²) in [6, 6.07) is 6.85. The largest absolute Gasteiger partial charge is 0.484 e. The summed E-state index contributed by atoms with van der Waals surface area (Å²) in [6.45, 7) is -0.769. The van der Waals surface area contributed by atoms with E-state index in [2.05, 4.69) is 4.90 Å². The smallest absolute Gasteiger partial charge is 0.422 e. The van der Waals surface area contributed by atoms with Gasteiger partial charge in [-0.2, -0.15) is 13.2 Å². The molecule has 1 aromatic rings. The summed E-state index contributed by atoms with van der Waals surface area (Å²) < 4.78 is 41.4. The number of hydrogen-bond acceptors (Lipinski definition) is 3. The number of halogens is 3. The van der Waals surface area contributed by atoms with Crippen LogP contribution in [-0.4, -0.2) is 40.8 Å². The molecule has 2 aliphatic heterocycles. The highest BCUT2D eigenvalue weighted by molar-refractivity contribution is 5.71. The first-order chi connectivity index (χ1) is 10.8. The first-order valence-corrected chi connectivity index (χ1v) is 7.60. The molecule has 126 valence electrons. The number of rotatable bonds is 5. The molecule has 23 heavy (non-hydrogen) atoms. The maximum atomic E-state index is 12.2.